The molecule has 0 aliphatic carbocycles. The maximum atomic E-state index is 4.54. The van der Waals surface area contributed by atoms with Gasteiger partial charge in [0.2, 0.25) is 0 Å². The molecule has 0 amide bonds. The summed E-state index contributed by atoms with van der Waals surface area (Å²) in [5.74, 6) is 0. The summed E-state index contributed by atoms with van der Waals surface area (Å²) >= 11 is 1.74. The van der Waals surface area contributed by atoms with Crippen LogP contribution < -0.4 is 5.32 Å². The molecule has 0 bridgehead atoms. The standard InChI is InChI=1S/C10H19N3S/c1-4-5-11-6-10-12-9(8-14-10)7-13(2)3/h8,11H,4-7H2,1-3H3. The minimum atomic E-state index is 0.909. The number of hydrogen-bond acceptors (Lipinski definition) is 4. The van der Waals surface area contributed by atoms with E-state index in [0.717, 1.165) is 19.6 Å². The summed E-state index contributed by atoms with van der Waals surface area (Å²) in [5, 5.41) is 6.68. The number of rotatable bonds is 6. The molecule has 0 saturated heterocycles. The summed E-state index contributed by atoms with van der Waals surface area (Å²) < 4.78 is 0. The van der Waals surface area contributed by atoms with Gasteiger partial charge >= 0.3 is 0 Å². The highest BCUT2D eigenvalue weighted by atomic mass is 32.1. The van der Waals surface area contributed by atoms with E-state index >= 15 is 0 Å². The SMILES string of the molecule is CCCNCc1nc(CN(C)C)cs1. The van der Waals surface area contributed by atoms with Gasteiger partial charge < -0.3 is 10.2 Å². The van der Waals surface area contributed by atoms with Crippen molar-refractivity contribution in [1.82, 2.24) is 15.2 Å². The number of thiazole rings is 1. The molecule has 1 N–H and O–H groups in total. The van der Waals surface area contributed by atoms with Gasteiger partial charge in [-0.3, -0.25) is 0 Å². The molecule has 0 unspecified atom stereocenters. The van der Waals surface area contributed by atoms with Crippen LogP contribution in [0, 0.1) is 0 Å². The largest absolute Gasteiger partial charge is 0.310 e. The zero-order valence-electron chi connectivity index (χ0n) is 9.21. The number of nitrogens with zero attached hydrogens (tertiary/aromatic N) is 2. The van der Waals surface area contributed by atoms with Crippen LogP contribution in [-0.4, -0.2) is 30.5 Å². The van der Waals surface area contributed by atoms with E-state index in [0.29, 0.717) is 0 Å². The average molecular weight is 213 g/mol. The van der Waals surface area contributed by atoms with E-state index in [2.05, 4.69) is 41.6 Å². The topological polar surface area (TPSA) is 28.2 Å². The van der Waals surface area contributed by atoms with Crippen LogP contribution in [0.3, 0.4) is 0 Å². The van der Waals surface area contributed by atoms with Crippen molar-refractivity contribution in [2.45, 2.75) is 26.4 Å². The molecule has 0 spiro atoms. The van der Waals surface area contributed by atoms with Gasteiger partial charge in [0.05, 0.1) is 5.69 Å². The van der Waals surface area contributed by atoms with Crippen molar-refractivity contribution >= 4 is 11.3 Å². The smallest absolute Gasteiger partial charge is 0.107 e. The Labute approximate surface area is 90.2 Å². The quantitative estimate of drug-likeness (QED) is 0.729. The third-order valence-corrected chi connectivity index (χ3v) is 2.68. The van der Waals surface area contributed by atoms with E-state index in [4.69, 9.17) is 0 Å². The Kier molecular flexibility index (Phi) is 5.07. The summed E-state index contributed by atoms with van der Waals surface area (Å²) in [4.78, 5) is 6.67. The molecule has 3 nitrogen and oxygen atoms in total. The Morgan fingerprint density at radius 1 is 1.50 bits per heavy atom. The second-order valence-electron chi connectivity index (χ2n) is 3.65. The maximum Gasteiger partial charge on any atom is 0.107 e. The fourth-order valence-electron chi connectivity index (χ4n) is 1.20. The fourth-order valence-corrected chi connectivity index (χ4v) is 1.95. The lowest BCUT2D eigenvalue weighted by atomic mass is 10.4. The van der Waals surface area contributed by atoms with Crippen LogP contribution in [0.25, 0.3) is 0 Å². The van der Waals surface area contributed by atoms with Crippen LogP contribution in [-0.2, 0) is 13.1 Å². The summed E-state index contributed by atoms with van der Waals surface area (Å²) in [6, 6.07) is 0. The van der Waals surface area contributed by atoms with E-state index in [9.17, 15) is 0 Å². The van der Waals surface area contributed by atoms with Crippen molar-refractivity contribution in [3.63, 3.8) is 0 Å². The lowest BCUT2D eigenvalue weighted by molar-refractivity contribution is 0.397. The zero-order chi connectivity index (χ0) is 10.4. The van der Waals surface area contributed by atoms with Gasteiger partial charge in [-0.15, -0.1) is 11.3 Å². The lowest BCUT2D eigenvalue weighted by Gasteiger charge is -2.05. The third kappa shape index (κ3) is 4.17. The summed E-state index contributed by atoms with van der Waals surface area (Å²) in [5.41, 5.74) is 1.17. The van der Waals surface area contributed by atoms with Crippen molar-refractivity contribution in [2.75, 3.05) is 20.6 Å². The molecule has 0 saturated carbocycles. The van der Waals surface area contributed by atoms with Crippen molar-refractivity contribution in [1.29, 1.82) is 0 Å². The van der Waals surface area contributed by atoms with Crippen molar-refractivity contribution in [2.24, 2.45) is 0 Å². The summed E-state index contributed by atoms with van der Waals surface area (Å²) in [6.45, 7) is 5.09. The number of aromatic nitrogens is 1. The minimum Gasteiger partial charge on any atom is -0.310 e. The van der Waals surface area contributed by atoms with Gasteiger partial charge in [0, 0.05) is 18.5 Å². The summed E-state index contributed by atoms with van der Waals surface area (Å²) in [6.07, 6.45) is 1.18. The van der Waals surface area contributed by atoms with E-state index in [-0.39, 0.29) is 0 Å². The molecule has 0 atom stereocenters. The first-order valence-corrected chi connectivity index (χ1v) is 5.89. The Morgan fingerprint density at radius 3 is 2.93 bits per heavy atom. The van der Waals surface area contributed by atoms with E-state index in [1.165, 1.54) is 17.1 Å². The van der Waals surface area contributed by atoms with Gasteiger partial charge in [-0.05, 0) is 27.1 Å². The van der Waals surface area contributed by atoms with Crippen LogP contribution >= 0.6 is 11.3 Å². The van der Waals surface area contributed by atoms with Crippen LogP contribution in [0.15, 0.2) is 5.38 Å². The molecule has 14 heavy (non-hydrogen) atoms. The second kappa shape index (κ2) is 6.11. The highest BCUT2D eigenvalue weighted by Crippen LogP contribution is 2.10. The molecule has 0 aromatic carbocycles. The fraction of sp³-hybridized carbons (Fsp3) is 0.700. The molecule has 0 aliphatic rings. The normalized spacial score (nSPS) is 11.1. The predicted molar refractivity (Wildman–Crippen MR) is 61.5 cm³/mol. The third-order valence-electron chi connectivity index (χ3n) is 1.78. The van der Waals surface area contributed by atoms with Gasteiger partial charge in [0.25, 0.3) is 0 Å². The zero-order valence-corrected chi connectivity index (χ0v) is 10.0. The molecule has 80 valence electrons. The van der Waals surface area contributed by atoms with Crippen LogP contribution in [0.2, 0.25) is 0 Å². The minimum absolute atomic E-state index is 0.909. The van der Waals surface area contributed by atoms with Crippen LogP contribution in [0.5, 0.6) is 0 Å². The molecule has 1 rings (SSSR count). The second-order valence-corrected chi connectivity index (χ2v) is 4.59. The summed E-state index contributed by atoms with van der Waals surface area (Å²) in [7, 11) is 4.13. The van der Waals surface area contributed by atoms with Gasteiger partial charge in [-0.2, -0.15) is 0 Å². The van der Waals surface area contributed by atoms with Gasteiger partial charge in [-0.25, -0.2) is 4.98 Å². The van der Waals surface area contributed by atoms with Crippen molar-refractivity contribution in [3.05, 3.63) is 16.1 Å². The van der Waals surface area contributed by atoms with Crippen molar-refractivity contribution in [3.8, 4) is 0 Å². The van der Waals surface area contributed by atoms with E-state index in [1.807, 2.05) is 0 Å². The Hall–Kier alpha value is -0.450. The van der Waals surface area contributed by atoms with Gasteiger partial charge in [0.15, 0.2) is 0 Å². The molecular weight excluding hydrogens is 194 g/mol. The van der Waals surface area contributed by atoms with E-state index < -0.39 is 0 Å². The molecule has 1 heterocycles. The first kappa shape index (κ1) is 11.6. The predicted octanol–water partition coefficient (Wildman–Crippen LogP) is 1.70. The molecule has 1 aromatic rings. The van der Waals surface area contributed by atoms with Gasteiger partial charge in [-0.1, -0.05) is 6.92 Å². The van der Waals surface area contributed by atoms with Crippen LogP contribution in [0.4, 0.5) is 0 Å². The van der Waals surface area contributed by atoms with E-state index in [1.54, 1.807) is 11.3 Å². The maximum absolute atomic E-state index is 4.54. The molecule has 4 heteroatoms. The van der Waals surface area contributed by atoms with Gasteiger partial charge in [0.1, 0.15) is 5.01 Å². The Bertz CT molecular complexity index is 258. The van der Waals surface area contributed by atoms with Crippen molar-refractivity contribution < 1.29 is 0 Å². The highest BCUT2D eigenvalue weighted by molar-refractivity contribution is 7.09. The Morgan fingerprint density at radius 2 is 2.29 bits per heavy atom. The molecule has 0 radical (unpaired) electrons. The first-order valence-electron chi connectivity index (χ1n) is 5.01. The number of nitrogens with one attached hydrogen (secondary N) is 1. The molecule has 0 aliphatic heterocycles. The first-order chi connectivity index (χ1) is 6.72. The monoisotopic (exact) mass is 213 g/mol. The number of hydrogen-bond donors (Lipinski definition) is 1. The highest BCUT2D eigenvalue weighted by Gasteiger charge is 2.01. The van der Waals surface area contributed by atoms with Crippen LogP contribution in [0.1, 0.15) is 24.0 Å². The average Bonchev–Trinajstić information content (AvgIpc) is 2.52. The molecule has 1 aromatic heterocycles. The Balaban J connectivity index is 2.35. The molecular formula is C10H19N3S. The lowest BCUT2D eigenvalue weighted by Crippen LogP contribution is -2.14. The molecule has 0 fully saturated rings.